The number of hydrogen-bond donors (Lipinski definition) is 5. The number of nitrogens with one attached hydrogen (secondary N) is 3. The number of amides is 4. The van der Waals surface area contributed by atoms with Crippen molar-refractivity contribution in [1.82, 2.24) is 35.1 Å². The molecule has 6 rings (SSSR count). The molecule has 2 fully saturated rings. The Bertz CT molecular complexity index is 2010. The average Bonchev–Trinajstić information content (AvgIpc) is 4.00. The molecule has 0 spiro atoms. The van der Waals surface area contributed by atoms with Crippen molar-refractivity contribution < 1.29 is 33.8 Å². The van der Waals surface area contributed by atoms with Crippen molar-refractivity contribution in [2.24, 2.45) is 17.6 Å². The van der Waals surface area contributed by atoms with Crippen molar-refractivity contribution in [3.63, 3.8) is 0 Å². The molecule has 0 bridgehead atoms. The van der Waals surface area contributed by atoms with Crippen LogP contribution in [0.2, 0.25) is 0 Å². The van der Waals surface area contributed by atoms with Gasteiger partial charge in [0.1, 0.15) is 23.7 Å². The number of carbonyl (C=O) groups excluding carboxylic acids is 4. The first kappa shape index (κ1) is 39.0. The first-order valence-electron chi connectivity index (χ1n) is 18.6. The number of nitrogens with two attached hydrogens (primary N) is 1. The van der Waals surface area contributed by atoms with Gasteiger partial charge >= 0.3 is 12.2 Å². The summed E-state index contributed by atoms with van der Waals surface area (Å²) in [5.41, 5.74) is 9.21. The molecule has 2 aliphatic rings. The topological polar surface area (TPSA) is 209 Å². The summed E-state index contributed by atoms with van der Waals surface area (Å²) in [5.74, 6) is 0.0650. The molecule has 0 radical (unpaired) electrons. The number of nitrogens with zero attached hydrogens (tertiary/aromatic N) is 4. The molecule has 3 unspecified atom stereocenters. The zero-order chi connectivity index (χ0) is 39.6. The lowest BCUT2D eigenvalue weighted by Crippen LogP contribution is -2.54. The van der Waals surface area contributed by atoms with Crippen LogP contribution in [-0.2, 0) is 19.1 Å². The second-order valence-corrected chi connectivity index (χ2v) is 15.0. The lowest BCUT2D eigenvalue weighted by molar-refractivity contribution is -0.156. The molecular formula is C40H50N8O7. The number of carbonyl (C=O) groups is 4. The molecule has 0 aliphatic carbocycles. The molecule has 2 aromatic heterocycles. The van der Waals surface area contributed by atoms with E-state index >= 15 is 0 Å². The number of likely N-dealkylation sites (tertiary alicyclic amines) is 2. The highest BCUT2D eigenvalue weighted by molar-refractivity contribution is 5.88. The highest BCUT2D eigenvalue weighted by atomic mass is 16.6. The van der Waals surface area contributed by atoms with Crippen molar-refractivity contribution in [1.29, 1.82) is 0 Å². The van der Waals surface area contributed by atoms with Gasteiger partial charge < -0.3 is 45.4 Å². The summed E-state index contributed by atoms with van der Waals surface area (Å²) in [4.78, 5) is 70.0. The minimum Gasteiger partial charge on any atom is -0.453 e. The van der Waals surface area contributed by atoms with E-state index in [0.717, 1.165) is 46.5 Å². The number of aliphatic hydroxyl groups excluding tert-OH is 1. The maximum atomic E-state index is 13.7. The number of aliphatic hydroxyl groups is 1. The van der Waals surface area contributed by atoms with E-state index in [1.807, 2.05) is 62.4 Å². The van der Waals surface area contributed by atoms with Crippen LogP contribution in [0.5, 0.6) is 0 Å². The number of alkyl carbamates (subject to hydrolysis) is 1. The van der Waals surface area contributed by atoms with Crippen LogP contribution < -0.4 is 11.1 Å². The number of primary amides is 1. The van der Waals surface area contributed by atoms with Gasteiger partial charge in [-0.15, -0.1) is 0 Å². The summed E-state index contributed by atoms with van der Waals surface area (Å²) >= 11 is 0. The second-order valence-electron chi connectivity index (χ2n) is 15.0. The molecule has 5 atom stereocenters. The standard InChI is InChI=1S/C40H50N8O7/c1-22(2)32(46-39(53)54-6)36(50)47-18-7-8-30(47)34-42-20-28(44-34)26-13-9-24(10-14-26)25-11-15-27(16-12-25)29-21-43-35(45-29)33-31(49)17-19-48(33)37(51)40(5,23(3)4)55-38(41)52/h9-16,20-23,30-33,49H,7-8,17-19H2,1-6H3,(H2,41,52)(H,42,44)(H,43,45)(H,46,53)/t30?,31?,32?,33-,40-/m0/s1. The molecule has 4 amide bonds. The molecule has 15 heteroatoms. The monoisotopic (exact) mass is 754 g/mol. The van der Waals surface area contributed by atoms with E-state index in [2.05, 4.69) is 25.3 Å². The summed E-state index contributed by atoms with van der Waals surface area (Å²) in [6.07, 6.45) is 2.88. The molecular weight excluding hydrogens is 704 g/mol. The lowest BCUT2D eigenvalue weighted by Gasteiger charge is -2.36. The molecule has 2 saturated heterocycles. The number of ether oxygens (including phenoxy) is 2. The van der Waals surface area contributed by atoms with Crippen LogP contribution >= 0.6 is 0 Å². The molecule has 2 aromatic carbocycles. The fraction of sp³-hybridized carbons (Fsp3) is 0.450. The number of methoxy groups -OCH3 is 1. The normalized spacial score (nSPS) is 20.1. The molecule has 4 heterocycles. The zero-order valence-corrected chi connectivity index (χ0v) is 32.0. The van der Waals surface area contributed by atoms with Crippen LogP contribution in [0.4, 0.5) is 9.59 Å². The van der Waals surface area contributed by atoms with Crippen LogP contribution in [0, 0.1) is 11.8 Å². The predicted octanol–water partition coefficient (Wildman–Crippen LogP) is 5.32. The van der Waals surface area contributed by atoms with E-state index < -0.39 is 41.9 Å². The van der Waals surface area contributed by atoms with Crippen molar-refractivity contribution in [2.45, 2.75) is 83.7 Å². The van der Waals surface area contributed by atoms with E-state index in [1.54, 1.807) is 31.1 Å². The summed E-state index contributed by atoms with van der Waals surface area (Å²) in [6.45, 7) is 9.72. The first-order valence-corrected chi connectivity index (χ1v) is 18.6. The molecule has 4 aromatic rings. The molecule has 2 aliphatic heterocycles. The largest absolute Gasteiger partial charge is 0.453 e. The quantitative estimate of drug-likeness (QED) is 0.134. The minimum absolute atomic E-state index is 0.116. The number of hydrogen-bond acceptors (Lipinski definition) is 9. The van der Waals surface area contributed by atoms with Crippen LogP contribution in [0.25, 0.3) is 33.6 Å². The fourth-order valence-corrected chi connectivity index (χ4v) is 7.40. The van der Waals surface area contributed by atoms with Crippen molar-refractivity contribution in [3.05, 3.63) is 72.6 Å². The highest BCUT2D eigenvalue weighted by Crippen LogP contribution is 2.37. The van der Waals surface area contributed by atoms with Crippen molar-refractivity contribution in [3.8, 4) is 33.6 Å². The SMILES string of the molecule is COC(=O)NC(C(=O)N1CCCC1c1ncc(-c2ccc(-c3ccc(-c4cnc([C@@H]5C(O)CCN5C(=O)[C@@](C)(OC(N)=O)C(C)C)[nH]4)cc3)cc2)[nH]1)C(C)C. The van der Waals surface area contributed by atoms with Gasteiger partial charge in [-0.1, -0.05) is 76.2 Å². The van der Waals surface area contributed by atoms with Gasteiger partial charge in [-0.25, -0.2) is 19.6 Å². The number of aromatic nitrogens is 4. The van der Waals surface area contributed by atoms with Gasteiger partial charge in [0, 0.05) is 19.0 Å². The Hall–Kier alpha value is -5.70. The fourth-order valence-electron chi connectivity index (χ4n) is 7.40. The zero-order valence-electron chi connectivity index (χ0n) is 32.0. The van der Waals surface area contributed by atoms with E-state index in [-0.39, 0.29) is 30.3 Å². The minimum atomic E-state index is -1.50. The predicted molar refractivity (Wildman–Crippen MR) is 204 cm³/mol. The van der Waals surface area contributed by atoms with Gasteiger partial charge in [0.25, 0.3) is 5.91 Å². The maximum absolute atomic E-state index is 13.7. The maximum Gasteiger partial charge on any atom is 0.407 e. The lowest BCUT2D eigenvalue weighted by atomic mass is 9.90. The van der Waals surface area contributed by atoms with Crippen molar-refractivity contribution >= 4 is 24.0 Å². The Morgan fingerprint density at radius 3 is 1.93 bits per heavy atom. The Morgan fingerprint density at radius 1 is 0.855 bits per heavy atom. The first-order chi connectivity index (χ1) is 26.2. The van der Waals surface area contributed by atoms with Crippen molar-refractivity contribution in [2.75, 3.05) is 20.2 Å². The summed E-state index contributed by atoms with van der Waals surface area (Å²) in [7, 11) is 1.28. The Labute approximate surface area is 320 Å². The highest BCUT2D eigenvalue weighted by Gasteiger charge is 2.49. The average molecular weight is 755 g/mol. The van der Waals surface area contributed by atoms with Gasteiger partial charge in [-0.05, 0) is 54.4 Å². The van der Waals surface area contributed by atoms with E-state index in [1.165, 1.54) is 18.9 Å². The second kappa shape index (κ2) is 16.0. The van der Waals surface area contributed by atoms with Gasteiger partial charge in [-0.3, -0.25) is 9.59 Å². The number of imidazole rings is 2. The smallest absolute Gasteiger partial charge is 0.407 e. The Balaban J connectivity index is 1.13. The van der Waals surface area contributed by atoms with Gasteiger partial charge in [0.2, 0.25) is 5.91 Å². The molecule has 0 saturated carbocycles. The van der Waals surface area contributed by atoms with E-state index in [4.69, 9.17) is 15.2 Å². The molecule has 55 heavy (non-hydrogen) atoms. The van der Waals surface area contributed by atoms with E-state index in [0.29, 0.717) is 24.6 Å². The van der Waals surface area contributed by atoms with Crippen LogP contribution in [0.1, 0.15) is 77.6 Å². The summed E-state index contributed by atoms with van der Waals surface area (Å²) < 4.78 is 10.0. The Morgan fingerprint density at radius 2 is 1.40 bits per heavy atom. The molecule has 292 valence electrons. The Kier molecular flexibility index (Phi) is 11.3. The van der Waals surface area contributed by atoms with Crippen LogP contribution in [0.15, 0.2) is 60.9 Å². The van der Waals surface area contributed by atoms with Gasteiger partial charge in [0.15, 0.2) is 5.60 Å². The number of rotatable bonds is 11. The van der Waals surface area contributed by atoms with Gasteiger partial charge in [0.05, 0.1) is 43.0 Å². The third kappa shape index (κ3) is 7.93. The van der Waals surface area contributed by atoms with E-state index in [9.17, 15) is 24.3 Å². The number of benzene rings is 2. The molecule has 6 N–H and O–H groups in total. The third-order valence-electron chi connectivity index (χ3n) is 10.9. The number of H-pyrrole nitrogens is 2. The molecule has 15 nitrogen and oxygen atoms in total. The number of aromatic amines is 2. The summed E-state index contributed by atoms with van der Waals surface area (Å²) in [5, 5.41) is 13.6. The third-order valence-corrected chi connectivity index (χ3v) is 10.9. The van der Waals surface area contributed by atoms with Crippen LogP contribution in [0.3, 0.4) is 0 Å². The van der Waals surface area contributed by atoms with Gasteiger partial charge in [-0.2, -0.15) is 0 Å². The van der Waals surface area contributed by atoms with Crippen LogP contribution in [-0.4, -0.2) is 96.8 Å². The summed E-state index contributed by atoms with van der Waals surface area (Å²) in [6, 6.07) is 14.4.